The van der Waals surface area contributed by atoms with Gasteiger partial charge >= 0.3 is 0 Å². The first kappa shape index (κ1) is 27.4. The van der Waals surface area contributed by atoms with Gasteiger partial charge in [-0.2, -0.15) is 0 Å². The summed E-state index contributed by atoms with van der Waals surface area (Å²) < 4.78 is 16.8. The van der Waals surface area contributed by atoms with Gasteiger partial charge in [0.1, 0.15) is 23.9 Å². The lowest BCUT2D eigenvalue weighted by atomic mass is 9.95. The van der Waals surface area contributed by atoms with E-state index in [9.17, 15) is 14.7 Å². The first-order valence-electron chi connectivity index (χ1n) is 13.5. The lowest BCUT2D eigenvalue weighted by molar-refractivity contribution is -0.140. The number of aliphatic hydroxyl groups is 1. The van der Waals surface area contributed by atoms with Crippen molar-refractivity contribution in [2.75, 3.05) is 46.5 Å². The fraction of sp³-hybridized carbons (Fsp3) is 0.312. The maximum Gasteiger partial charge on any atom is 0.295 e. The summed E-state index contributed by atoms with van der Waals surface area (Å²) in [5.74, 6) is -0.308. The van der Waals surface area contributed by atoms with Gasteiger partial charge in [0.2, 0.25) is 0 Å². The molecule has 2 aliphatic heterocycles. The number of carbonyl (C=O) groups is 2. The molecular weight excluding hydrogens is 508 g/mol. The first-order chi connectivity index (χ1) is 19.4. The van der Waals surface area contributed by atoms with E-state index in [4.69, 9.17) is 14.2 Å². The Kier molecular flexibility index (Phi) is 8.48. The molecule has 1 atom stereocenters. The normalized spacial score (nSPS) is 19.1. The molecule has 5 rings (SSSR count). The zero-order valence-electron chi connectivity index (χ0n) is 22.8. The molecule has 2 heterocycles. The molecule has 0 aromatic heterocycles. The second kappa shape index (κ2) is 12.4. The summed E-state index contributed by atoms with van der Waals surface area (Å²) in [5, 5.41) is 11.4. The molecule has 3 aromatic carbocycles. The number of morpholine rings is 1. The highest BCUT2D eigenvalue weighted by Crippen LogP contribution is 2.40. The zero-order chi connectivity index (χ0) is 28.1. The monoisotopic (exact) mass is 542 g/mol. The molecule has 0 aliphatic carbocycles. The van der Waals surface area contributed by atoms with E-state index in [-0.39, 0.29) is 11.3 Å². The number of benzene rings is 3. The maximum absolute atomic E-state index is 13.4. The second-order valence-corrected chi connectivity index (χ2v) is 10.0. The Morgan fingerprint density at radius 3 is 2.42 bits per heavy atom. The van der Waals surface area contributed by atoms with E-state index in [0.29, 0.717) is 55.5 Å². The van der Waals surface area contributed by atoms with E-state index in [1.54, 1.807) is 48.4 Å². The number of aliphatic hydroxyl groups excluding tert-OH is 1. The summed E-state index contributed by atoms with van der Waals surface area (Å²) in [7, 11) is 1.57. The molecule has 1 N–H and O–H groups in total. The molecule has 208 valence electrons. The van der Waals surface area contributed by atoms with Gasteiger partial charge < -0.3 is 24.2 Å². The third-order valence-electron chi connectivity index (χ3n) is 7.33. The van der Waals surface area contributed by atoms with Crippen LogP contribution in [0.4, 0.5) is 0 Å². The van der Waals surface area contributed by atoms with Crippen molar-refractivity contribution >= 4 is 17.4 Å². The first-order valence-corrected chi connectivity index (χ1v) is 13.5. The molecule has 1 unspecified atom stereocenters. The fourth-order valence-corrected chi connectivity index (χ4v) is 5.18. The van der Waals surface area contributed by atoms with Crippen LogP contribution >= 0.6 is 0 Å². The molecule has 40 heavy (non-hydrogen) atoms. The lowest BCUT2D eigenvalue weighted by Gasteiger charge is -2.31. The SMILES string of the molecule is COc1cccc(C2/C(=C(\O)c3ccc(OCc4cccc(C)c4)cc3)C(=O)C(=O)N2CCN2CCOCC2)c1. The number of rotatable bonds is 9. The molecule has 2 aliphatic rings. The van der Waals surface area contributed by atoms with Gasteiger partial charge in [0.25, 0.3) is 11.7 Å². The van der Waals surface area contributed by atoms with Crippen LogP contribution in [-0.2, 0) is 20.9 Å². The summed E-state index contributed by atoms with van der Waals surface area (Å²) in [5.41, 5.74) is 3.41. The number of aryl methyl sites for hydroxylation is 1. The Bertz CT molecular complexity index is 1390. The number of hydrogen-bond acceptors (Lipinski definition) is 7. The number of amides is 1. The average molecular weight is 543 g/mol. The molecule has 2 saturated heterocycles. The van der Waals surface area contributed by atoms with Gasteiger partial charge in [0.05, 0.1) is 31.9 Å². The molecule has 8 heteroatoms. The minimum absolute atomic E-state index is 0.0636. The van der Waals surface area contributed by atoms with Crippen molar-refractivity contribution in [3.8, 4) is 11.5 Å². The third-order valence-corrected chi connectivity index (χ3v) is 7.33. The minimum Gasteiger partial charge on any atom is -0.507 e. The van der Waals surface area contributed by atoms with E-state index in [2.05, 4.69) is 11.0 Å². The van der Waals surface area contributed by atoms with Crippen LogP contribution in [-0.4, -0.2) is 73.1 Å². The van der Waals surface area contributed by atoms with Crippen molar-refractivity contribution in [1.82, 2.24) is 9.80 Å². The van der Waals surface area contributed by atoms with E-state index in [0.717, 1.165) is 24.2 Å². The van der Waals surface area contributed by atoms with E-state index >= 15 is 0 Å². The van der Waals surface area contributed by atoms with Crippen LogP contribution in [0.3, 0.4) is 0 Å². The molecule has 8 nitrogen and oxygen atoms in total. The number of methoxy groups -OCH3 is 1. The molecule has 1 amide bonds. The molecule has 3 aromatic rings. The van der Waals surface area contributed by atoms with Crippen LogP contribution < -0.4 is 9.47 Å². The van der Waals surface area contributed by atoms with Gasteiger partial charge in [-0.15, -0.1) is 0 Å². The molecule has 0 spiro atoms. The predicted octanol–water partition coefficient (Wildman–Crippen LogP) is 4.34. The number of ether oxygens (including phenoxy) is 3. The van der Waals surface area contributed by atoms with Crippen LogP contribution in [0.2, 0.25) is 0 Å². The Labute approximate surface area is 234 Å². The minimum atomic E-state index is -0.742. The number of Topliss-reactive ketones (excluding diaryl/α,β-unsaturated/α-hetero) is 1. The van der Waals surface area contributed by atoms with Crippen LogP contribution in [0.15, 0.2) is 78.4 Å². The van der Waals surface area contributed by atoms with Crippen molar-refractivity contribution in [1.29, 1.82) is 0 Å². The zero-order valence-corrected chi connectivity index (χ0v) is 22.8. The summed E-state index contributed by atoms with van der Waals surface area (Å²) in [6.45, 7) is 6.21. The number of nitrogens with zero attached hydrogens (tertiary/aromatic N) is 2. The van der Waals surface area contributed by atoms with Gasteiger partial charge in [-0.3, -0.25) is 14.5 Å². The molecular formula is C32H34N2O6. The van der Waals surface area contributed by atoms with E-state index < -0.39 is 17.7 Å². The van der Waals surface area contributed by atoms with Gasteiger partial charge in [0, 0.05) is 31.7 Å². The quantitative estimate of drug-likeness (QED) is 0.245. The van der Waals surface area contributed by atoms with Crippen LogP contribution in [0, 0.1) is 6.92 Å². The highest BCUT2D eigenvalue weighted by atomic mass is 16.5. The van der Waals surface area contributed by atoms with Gasteiger partial charge in [-0.25, -0.2) is 0 Å². The molecule has 2 fully saturated rings. The van der Waals surface area contributed by atoms with Crippen molar-refractivity contribution in [3.63, 3.8) is 0 Å². The Morgan fingerprint density at radius 2 is 1.70 bits per heavy atom. The topological polar surface area (TPSA) is 88.5 Å². The Balaban J connectivity index is 1.42. The smallest absolute Gasteiger partial charge is 0.295 e. The van der Waals surface area contributed by atoms with Gasteiger partial charge in [0.15, 0.2) is 0 Å². The fourth-order valence-electron chi connectivity index (χ4n) is 5.18. The standard InChI is InChI=1S/C32H34N2O6/c1-22-5-3-6-23(19-22)21-40-26-11-9-24(10-12-26)30(35)28-29(25-7-4-8-27(20-25)38-2)34(32(37)31(28)36)14-13-33-15-17-39-18-16-33/h3-12,19-20,29,35H,13-18,21H2,1-2H3/b30-28+. The van der Waals surface area contributed by atoms with Gasteiger partial charge in [-0.1, -0.05) is 42.0 Å². The second-order valence-electron chi connectivity index (χ2n) is 10.0. The Morgan fingerprint density at radius 1 is 0.950 bits per heavy atom. The third kappa shape index (κ3) is 6.03. The molecule has 0 saturated carbocycles. The number of ketones is 1. The van der Waals surface area contributed by atoms with Crippen LogP contribution in [0.5, 0.6) is 11.5 Å². The van der Waals surface area contributed by atoms with Crippen molar-refractivity contribution in [2.24, 2.45) is 0 Å². The predicted molar refractivity (Wildman–Crippen MR) is 151 cm³/mol. The summed E-state index contributed by atoms with van der Waals surface area (Å²) >= 11 is 0. The summed E-state index contributed by atoms with van der Waals surface area (Å²) in [6.07, 6.45) is 0. The lowest BCUT2D eigenvalue weighted by Crippen LogP contribution is -2.42. The van der Waals surface area contributed by atoms with Crippen molar-refractivity contribution in [2.45, 2.75) is 19.6 Å². The summed E-state index contributed by atoms with van der Waals surface area (Å²) in [6, 6.07) is 21.5. The van der Waals surface area contributed by atoms with Crippen molar-refractivity contribution < 1.29 is 28.9 Å². The largest absolute Gasteiger partial charge is 0.507 e. The number of likely N-dealkylation sites (tertiary alicyclic amines) is 1. The van der Waals surface area contributed by atoms with Crippen LogP contribution in [0.25, 0.3) is 5.76 Å². The van der Waals surface area contributed by atoms with Crippen molar-refractivity contribution in [3.05, 3.63) is 101 Å². The molecule has 0 bridgehead atoms. The number of carbonyl (C=O) groups excluding carboxylic acids is 2. The van der Waals surface area contributed by atoms with Gasteiger partial charge in [-0.05, 0) is 54.4 Å². The Hall–Kier alpha value is -4.14. The highest BCUT2D eigenvalue weighted by molar-refractivity contribution is 6.46. The maximum atomic E-state index is 13.4. The van der Waals surface area contributed by atoms with E-state index in [1.807, 2.05) is 37.3 Å². The number of hydrogen-bond donors (Lipinski definition) is 1. The molecule has 0 radical (unpaired) electrons. The average Bonchev–Trinajstić information content (AvgIpc) is 3.24. The highest BCUT2D eigenvalue weighted by Gasteiger charge is 2.46. The van der Waals surface area contributed by atoms with E-state index in [1.165, 1.54) is 0 Å². The van der Waals surface area contributed by atoms with Crippen LogP contribution in [0.1, 0.15) is 28.3 Å². The summed E-state index contributed by atoms with van der Waals surface area (Å²) in [4.78, 5) is 30.4.